The summed E-state index contributed by atoms with van der Waals surface area (Å²) < 4.78 is 5.62. The van der Waals surface area contributed by atoms with E-state index in [4.69, 9.17) is 17.0 Å². The lowest BCUT2D eigenvalue weighted by Crippen LogP contribution is -2.32. The molecule has 23 heavy (non-hydrogen) atoms. The number of hydrogen-bond acceptors (Lipinski definition) is 2. The largest absolute Gasteiger partial charge is 0.492 e. The molecule has 122 valence electrons. The summed E-state index contributed by atoms with van der Waals surface area (Å²) in [6, 6.07) is 16.4. The van der Waals surface area contributed by atoms with Crippen molar-refractivity contribution >= 4 is 23.0 Å². The Bertz CT molecular complexity index is 657. The van der Waals surface area contributed by atoms with E-state index in [1.807, 2.05) is 31.2 Å². The van der Waals surface area contributed by atoms with E-state index in [9.17, 15) is 0 Å². The Morgan fingerprint density at radius 2 is 1.78 bits per heavy atom. The van der Waals surface area contributed by atoms with Gasteiger partial charge in [-0.15, -0.1) is 0 Å². The minimum atomic E-state index is 0.190. The zero-order valence-corrected chi connectivity index (χ0v) is 14.7. The first kappa shape index (κ1) is 17.3. The van der Waals surface area contributed by atoms with Crippen LogP contribution in [0.4, 0.5) is 5.69 Å². The normalized spacial score (nSPS) is 11.6. The maximum atomic E-state index is 5.62. The van der Waals surface area contributed by atoms with Gasteiger partial charge in [0.2, 0.25) is 0 Å². The maximum Gasteiger partial charge on any atom is 0.171 e. The molecule has 0 radical (unpaired) electrons. The Morgan fingerprint density at radius 1 is 1.09 bits per heavy atom. The number of para-hydroxylation sites is 2. The molecule has 0 heterocycles. The maximum absolute atomic E-state index is 5.62. The molecule has 0 saturated carbocycles. The first-order valence-electron chi connectivity index (χ1n) is 8.00. The molecule has 3 nitrogen and oxygen atoms in total. The van der Waals surface area contributed by atoms with Gasteiger partial charge in [-0.3, -0.25) is 0 Å². The van der Waals surface area contributed by atoms with Gasteiger partial charge in [0.1, 0.15) is 5.75 Å². The van der Waals surface area contributed by atoms with E-state index in [2.05, 4.69) is 48.7 Å². The molecule has 2 aromatic carbocycles. The lowest BCUT2D eigenvalue weighted by Gasteiger charge is -2.22. The lowest BCUT2D eigenvalue weighted by atomic mass is 10.00. The Balaban J connectivity index is 2.08. The Hall–Kier alpha value is -2.07. The number of nitrogens with one attached hydrogen (secondary N) is 2. The quantitative estimate of drug-likeness (QED) is 0.744. The fourth-order valence-electron chi connectivity index (χ4n) is 2.55. The average Bonchev–Trinajstić information content (AvgIpc) is 2.55. The molecule has 2 aromatic rings. The van der Waals surface area contributed by atoms with E-state index in [-0.39, 0.29) is 6.04 Å². The van der Waals surface area contributed by atoms with Crippen LogP contribution in [0.15, 0.2) is 48.5 Å². The summed E-state index contributed by atoms with van der Waals surface area (Å²) in [5, 5.41) is 7.26. The molecule has 1 atom stereocenters. The third-order valence-electron chi connectivity index (χ3n) is 3.71. The van der Waals surface area contributed by atoms with Gasteiger partial charge in [-0.1, -0.05) is 43.3 Å². The van der Waals surface area contributed by atoms with Crippen molar-refractivity contribution in [3.05, 3.63) is 59.7 Å². The molecule has 0 fully saturated rings. The predicted octanol–water partition coefficient (Wildman–Crippen LogP) is 4.83. The number of anilines is 1. The molecular formula is C19H24N2OS. The second kappa shape index (κ2) is 8.53. The molecule has 0 bridgehead atoms. The van der Waals surface area contributed by atoms with Gasteiger partial charge in [0.15, 0.2) is 5.11 Å². The van der Waals surface area contributed by atoms with Crippen LogP contribution in [0.1, 0.15) is 37.4 Å². The molecule has 1 unspecified atom stereocenters. The lowest BCUT2D eigenvalue weighted by molar-refractivity contribution is 0.342. The van der Waals surface area contributed by atoms with E-state index in [1.165, 1.54) is 11.1 Å². The van der Waals surface area contributed by atoms with Gasteiger partial charge in [-0.25, -0.2) is 0 Å². The van der Waals surface area contributed by atoms with E-state index in [0.717, 1.165) is 17.9 Å². The van der Waals surface area contributed by atoms with Crippen LogP contribution in [0.3, 0.4) is 0 Å². The average molecular weight is 328 g/mol. The molecule has 0 aromatic heterocycles. The minimum Gasteiger partial charge on any atom is -0.492 e. The molecule has 2 N–H and O–H groups in total. The van der Waals surface area contributed by atoms with Crippen molar-refractivity contribution in [2.24, 2.45) is 0 Å². The van der Waals surface area contributed by atoms with Crippen molar-refractivity contribution in [1.82, 2.24) is 5.32 Å². The van der Waals surface area contributed by atoms with E-state index in [0.29, 0.717) is 11.7 Å². The summed E-state index contributed by atoms with van der Waals surface area (Å²) >= 11 is 5.49. The van der Waals surface area contributed by atoms with Crippen molar-refractivity contribution in [2.75, 3.05) is 11.9 Å². The molecule has 0 spiro atoms. The SMILES string of the molecule is CCOc1ccccc1NC(=S)NC(CC)c1ccccc1C. The van der Waals surface area contributed by atoms with E-state index in [1.54, 1.807) is 0 Å². The Kier molecular flexibility index (Phi) is 6.41. The molecular weight excluding hydrogens is 304 g/mol. The number of aryl methyl sites for hydroxylation is 1. The predicted molar refractivity (Wildman–Crippen MR) is 101 cm³/mol. The van der Waals surface area contributed by atoms with Crippen LogP contribution in [0.25, 0.3) is 0 Å². The molecule has 0 aliphatic carbocycles. The molecule has 4 heteroatoms. The van der Waals surface area contributed by atoms with Crippen LogP contribution in [0.2, 0.25) is 0 Å². The van der Waals surface area contributed by atoms with Crippen LogP contribution in [0, 0.1) is 6.92 Å². The molecule has 2 rings (SSSR count). The van der Waals surface area contributed by atoms with Crippen LogP contribution in [0.5, 0.6) is 5.75 Å². The third kappa shape index (κ3) is 4.70. The number of hydrogen-bond donors (Lipinski definition) is 2. The van der Waals surface area contributed by atoms with Gasteiger partial charge in [0.25, 0.3) is 0 Å². The third-order valence-corrected chi connectivity index (χ3v) is 3.93. The van der Waals surface area contributed by atoms with Gasteiger partial charge < -0.3 is 15.4 Å². The van der Waals surface area contributed by atoms with E-state index >= 15 is 0 Å². The second-order valence-corrected chi connectivity index (χ2v) is 5.75. The van der Waals surface area contributed by atoms with Gasteiger partial charge in [-0.05, 0) is 55.7 Å². The van der Waals surface area contributed by atoms with Gasteiger partial charge in [-0.2, -0.15) is 0 Å². The molecule has 0 saturated heterocycles. The van der Waals surface area contributed by atoms with Crippen molar-refractivity contribution in [2.45, 2.75) is 33.2 Å². The summed E-state index contributed by atoms with van der Waals surface area (Å²) in [5.74, 6) is 0.808. The minimum absolute atomic E-state index is 0.190. The summed E-state index contributed by atoms with van der Waals surface area (Å²) in [7, 11) is 0. The first-order chi connectivity index (χ1) is 11.2. The second-order valence-electron chi connectivity index (χ2n) is 5.35. The standard InChI is InChI=1S/C19H24N2OS/c1-4-16(15-11-7-6-10-14(15)3)20-19(23)21-17-12-8-9-13-18(17)22-5-2/h6-13,16H,4-5H2,1-3H3,(H2,20,21,23). The van der Waals surface area contributed by atoms with Gasteiger partial charge >= 0.3 is 0 Å². The van der Waals surface area contributed by atoms with Crippen molar-refractivity contribution in [3.63, 3.8) is 0 Å². The fourth-order valence-corrected chi connectivity index (χ4v) is 2.80. The highest BCUT2D eigenvalue weighted by Crippen LogP contribution is 2.24. The number of rotatable bonds is 6. The van der Waals surface area contributed by atoms with Crippen LogP contribution >= 0.6 is 12.2 Å². The summed E-state index contributed by atoms with van der Waals surface area (Å²) in [4.78, 5) is 0. The summed E-state index contributed by atoms with van der Waals surface area (Å²) in [5.41, 5.74) is 3.42. The zero-order valence-electron chi connectivity index (χ0n) is 13.9. The van der Waals surface area contributed by atoms with Gasteiger partial charge in [0, 0.05) is 0 Å². The zero-order chi connectivity index (χ0) is 16.7. The van der Waals surface area contributed by atoms with Crippen molar-refractivity contribution < 1.29 is 4.74 Å². The smallest absolute Gasteiger partial charge is 0.171 e. The highest BCUT2D eigenvalue weighted by Gasteiger charge is 2.13. The first-order valence-corrected chi connectivity index (χ1v) is 8.41. The van der Waals surface area contributed by atoms with Gasteiger partial charge in [0.05, 0.1) is 18.3 Å². The van der Waals surface area contributed by atoms with E-state index < -0.39 is 0 Å². The fraction of sp³-hybridized carbons (Fsp3) is 0.316. The molecule has 0 amide bonds. The number of benzene rings is 2. The summed E-state index contributed by atoms with van der Waals surface area (Å²) in [6.07, 6.45) is 0.958. The van der Waals surface area contributed by atoms with Crippen molar-refractivity contribution in [1.29, 1.82) is 0 Å². The molecule has 0 aliphatic rings. The van der Waals surface area contributed by atoms with Crippen LogP contribution in [-0.2, 0) is 0 Å². The Morgan fingerprint density at radius 3 is 2.48 bits per heavy atom. The van der Waals surface area contributed by atoms with Crippen molar-refractivity contribution in [3.8, 4) is 5.75 Å². The molecule has 0 aliphatic heterocycles. The Labute approximate surface area is 144 Å². The van der Waals surface area contributed by atoms with Crippen LogP contribution < -0.4 is 15.4 Å². The number of thiocarbonyl (C=S) groups is 1. The summed E-state index contributed by atoms with van der Waals surface area (Å²) in [6.45, 7) is 6.87. The highest BCUT2D eigenvalue weighted by atomic mass is 32.1. The number of ether oxygens (including phenoxy) is 1. The topological polar surface area (TPSA) is 33.3 Å². The highest BCUT2D eigenvalue weighted by molar-refractivity contribution is 7.80. The van der Waals surface area contributed by atoms with Crippen LogP contribution in [-0.4, -0.2) is 11.7 Å². The monoisotopic (exact) mass is 328 g/mol.